The van der Waals surface area contributed by atoms with Crippen LogP contribution >= 0.6 is 11.6 Å². The van der Waals surface area contributed by atoms with Crippen LogP contribution in [0.25, 0.3) is 0 Å². The first-order valence-corrected chi connectivity index (χ1v) is 7.09. The summed E-state index contributed by atoms with van der Waals surface area (Å²) in [5.41, 5.74) is 0.438. The molecule has 6 heteroatoms. The molecule has 2 rings (SSSR count). The number of nitrogens with one attached hydrogen (secondary N) is 1. The highest BCUT2D eigenvalue weighted by Crippen LogP contribution is 2.16. The lowest BCUT2D eigenvalue weighted by atomic mass is 10.0. The quantitative estimate of drug-likeness (QED) is 0.919. The molecule has 0 atom stereocenters. The second-order valence-corrected chi connectivity index (χ2v) is 5.75. The third-order valence-corrected chi connectivity index (χ3v) is 3.98. The summed E-state index contributed by atoms with van der Waals surface area (Å²) < 4.78 is 1.51. The van der Waals surface area contributed by atoms with Gasteiger partial charge in [0.2, 0.25) is 0 Å². The fraction of sp³-hybridized carbons (Fsp3) is 0.692. The van der Waals surface area contributed by atoms with E-state index in [-0.39, 0.29) is 11.9 Å². The minimum Gasteiger partial charge on any atom is -0.348 e. The Hall–Kier alpha value is -1.07. The van der Waals surface area contributed by atoms with Crippen molar-refractivity contribution in [3.8, 4) is 0 Å². The zero-order valence-electron chi connectivity index (χ0n) is 11.7. The molecular weight excluding hydrogens is 264 g/mol. The molecule has 5 nitrogen and oxygen atoms in total. The SMILES string of the molecule is CC(C)N1CCC(NC(=O)c2c(Cl)cnn2C)CC1. The number of likely N-dealkylation sites (tertiary alicyclic amines) is 1. The van der Waals surface area contributed by atoms with Crippen molar-refractivity contribution in [1.29, 1.82) is 0 Å². The van der Waals surface area contributed by atoms with Crippen molar-refractivity contribution in [3.05, 3.63) is 16.9 Å². The second kappa shape index (κ2) is 5.92. The van der Waals surface area contributed by atoms with Gasteiger partial charge in [0.15, 0.2) is 0 Å². The van der Waals surface area contributed by atoms with Gasteiger partial charge in [-0.3, -0.25) is 9.48 Å². The average molecular weight is 285 g/mol. The zero-order valence-corrected chi connectivity index (χ0v) is 12.4. The van der Waals surface area contributed by atoms with Gasteiger partial charge in [-0.05, 0) is 26.7 Å². The molecule has 19 heavy (non-hydrogen) atoms. The molecule has 1 aromatic rings. The number of rotatable bonds is 3. The summed E-state index contributed by atoms with van der Waals surface area (Å²) in [5, 5.41) is 7.44. The molecule has 0 aromatic carbocycles. The van der Waals surface area contributed by atoms with Crippen molar-refractivity contribution < 1.29 is 4.79 Å². The zero-order chi connectivity index (χ0) is 14.0. The van der Waals surface area contributed by atoms with Crippen molar-refractivity contribution in [2.75, 3.05) is 13.1 Å². The van der Waals surface area contributed by atoms with Gasteiger partial charge < -0.3 is 10.2 Å². The van der Waals surface area contributed by atoms with Gasteiger partial charge in [-0.25, -0.2) is 0 Å². The monoisotopic (exact) mass is 284 g/mol. The summed E-state index contributed by atoms with van der Waals surface area (Å²) in [6.45, 7) is 6.46. The summed E-state index contributed by atoms with van der Waals surface area (Å²) in [5.74, 6) is -0.131. The molecule has 1 aliphatic rings. The summed E-state index contributed by atoms with van der Waals surface area (Å²) in [4.78, 5) is 14.6. The molecule has 0 spiro atoms. The molecule has 1 fully saturated rings. The van der Waals surface area contributed by atoms with Crippen LogP contribution in [0.5, 0.6) is 0 Å². The highest BCUT2D eigenvalue weighted by atomic mass is 35.5. The maximum atomic E-state index is 12.2. The van der Waals surface area contributed by atoms with E-state index >= 15 is 0 Å². The number of carbonyl (C=O) groups excluding carboxylic acids is 1. The molecule has 2 heterocycles. The predicted molar refractivity (Wildman–Crippen MR) is 75.4 cm³/mol. The van der Waals surface area contributed by atoms with Gasteiger partial charge in [0.05, 0.1) is 11.2 Å². The van der Waals surface area contributed by atoms with Crippen LogP contribution in [0, 0.1) is 0 Å². The highest BCUT2D eigenvalue weighted by Gasteiger charge is 2.24. The highest BCUT2D eigenvalue weighted by molar-refractivity contribution is 6.33. The first-order chi connectivity index (χ1) is 8.99. The molecule has 0 bridgehead atoms. The minimum atomic E-state index is -0.131. The molecule has 106 valence electrons. The normalized spacial score (nSPS) is 17.9. The van der Waals surface area contributed by atoms with E-state index in [1.165, 1.54) is 10.9 Å². The Balaban J connectivity index is 1.91. The van der Waals surface area contributed by atoms with Crippen molar-refractivity contribution in [2.24, 2.45) is 7.05 Å². The molecule has 0 radical (unpaired) electrons. The van der Waals surface area contributed by atoms with Crippen molar-refractivity contribution in [1.82, 2.24) is 20.0 Å². The molecule has 1 N–H and O–H groups in total. The second-order valence-electron chi connectivity index (χ2n) is 5.34. The van der Waals surface area contributed by atoms with Gasteiger partial charge in [-0.15, -0.1) is 0 Å². The Morgan fingerprint density at radius 1 is 1.47 bits per heavy atom. The maximum Gasteiger partial charge on any atom is 0.271 e. The molecular formula is C13H21ClN4O. The van der Waals surface area contributed by atoms with Crippen LogP contribution in [0.1, 0.15) is 37.2 Å². The molecule has 1 aromatic heterocycles. The number of carbonyl (C=O) groups is 1. The number of amides is 1. The molecule has 1 saturated heterocycles. The van der Waals surface area contributed by atoms with Crippen LogP contribution in [-0.4, -0.2) is 45.8 Å². The third-order valence-electron chi connectivity index (χ3n) is 3.70. The fourth-order valence-corrected chi connectivity index (χ4v) is 2.73. The maximum absolute atomic E-state index is 12.2. The van der Waals surface area contributed by atoms with Crippen LogP contribution < -0.4 is 5.32 Å². The van der Waals surface area contributed by atoms with Crippen LogP contribution in [0.3, 0.4) is 0 Å². The Morgan fingerprint density at radius 3 is 2.58 bits per heavy atom. The standard InChI is InChI=1S/C13H21ClN4O/c1-9(2)18-6-4-10(5-7-18)16-13(19)12-11(14)8-15-17(12)3/h8-10H,4-7H2,1-3H3,(H,16,19). The predicted octanol–water partition coefficient (Wildman–Crippen LogP) is 1.68. The van der Waals surface area contributed by atoms with Gasteiger partial charge in [-0.1, -0.05) is 11.6 Å². The van der Waals surface area contributed by atoms with Crippen LogP contribution in [0.4, 0.5) is 0 Å². The first kappa shape index (κ1) is 14.3. The Morgan fingerprint density at radius 2 is 2.11 bits per heavy atom. The molecule has 1 aliphatic heterocycles. The summed E-state index contributed by atoms with van der Waals surface area (Å²) in [7, 11) is 1.72. The van der Waals surface area contributed by atoms with E-state index in [1.807, 2.05) is 0 Å². The van der Waals surface area contributed by atoms with Crippen molar-refractivity contribution >= 4 is 17.5 Å². The van der Waals surface area contributed by atoms with E-state index in [0.29, 0.717) is 16.8 Å². The lowest BCUT2D eigenvalue weighted by Gasteiger charge is -2.34. The van der Waals surface area contributed by atoms with E-state index in [1.54, 1.807) is 7.05 Å². The molecule has 0 saturated carbocycles. The lowest BCUT2D eigenvalue weighted by molar-refractivity contribution is 0.0891. The first-order valence-electron chi connectivity index (χ1n) is 6.71. The fourth-order valence-electron chi connectivity index (χ4n) is 2.48. The summed E-state index contributed by atoms with van der Waals surface area (Å²) >= 11 is 5.97. The average Bonchev–Trinajstić information content (AvgIpc) is 2.69. The van der Waals surface area contributed by atoms with Gasteiger partial charge in [0.1, 0.15) is 5.69 Å². The molecule has 0 unspecified atom stereocenters. The Kier molecular flexibility index (Phi) is 4.47. The number of aromatic nitrogens is 2. The minimum absolute atomic E-state index is 0.131. The van der Waals surface area contributed by atoms with Gasteiger partial charge in [0, 0.05) is 32.2 Å². The number of halogens is 1. The van der Waals surface area contributed by atoms with Gasteiger partial charge >= 0.3 is 0 Å². The molecule has 0 aliphatic carbocycles. The summed E-state index contributed by atoms with van der Waals surface area (Å²) in [6, 6.07) is 0.802. The van der Waals surface area contributed by atoms with E-state index in [4.69, 9.17) is 11.6 Å². The largest absolute Gasteiger partial charge is 0.348 e. The van der Waals surface area contributed by atoms with Crippen molar-refractivity contribution in [2.45, 2.75) is 38.8 Å². The number of hydrogen-bond acceptors (Lipinski definition) is 3. The number of hydrogen-bond donors (Lipinski definition) is 1. The van der Waals surface area contributed by atoms with E-state index in [9.17, 15) is 4.79 Å². The smallest absolute Gasteiger partial charge is 0.271 e. The van der Waals surface area contributed by atoms with Gasteiger partial charge in [-0.2, -0.15) is 5.10 Å². The third kappa shape index (κ3) is 3.28. The molecule has 1 amide bonds. The summed E-state index contributed by atoms with van der Waals surface area (Å²) in [6.07, 6.45) is 3.47. The number of aryl methyl sites for hydroxylation is 1. The van der Waals surface area contributed by atoms with E-state index in [0.717, 1.165) is 25.9 Å². The Labute approximate surface area is 118 Å². The lowest BCUT2D eigenvalue weighted by Crippen LogP contribution is -2.46. The van der Waals surface area contributed by atoms with E-state index < -0.39 is 0 Å². The topological polar surface area (TPSA) is 50.2 Å². The van der Waals surface area contributed by atoms with Crippen LogP contribution in [-0.2, 0) is 7.05 Å². The van der Waals surface area contributed by atoms with Crippen LogP contribution in [0.15, 0.2) is 6.20 Å². The van der Waals surface area contributed by atoms with Crippen molar-refractivity contribution in [3.63, 3.8) is 0 Å². The van der Waals surface area contributed by atoms with Gasteiger partial charge in [0.25, 0.3) is 5.91 Å². The van der Waals surface area contributed by atoms with Crippen LogP contribution in [0.2, 0.25) is 5.02 Å². The number of piperidine rings is 1. The number of nitrogens with zero attached hydrogens (tertiary/aromatic N) is 3. The van der Waals surface area contributed by atoms with E-state index in [2.05, 4.69) is 29.2 Å². The Bertz CT molecular complexity index is 430.